The molecule has 7 heteroatoms. The van der Waals surface area contributed by atoms with E-state index in [2.05, 4.69) is 5.10 Å². The molecule has 2 aliphatic rings. The Kier molecular flexibility index (Phi) is 5.79. The number of amides is 1. The maximum atomic E-state index is 13.8. The maximum Gasteiger partial charge on any atom is 0.410 e. The van der Waals surface area contributed by atoms with Gasteiger partial charge in [0.15, 0.2) is 17.2 Å². The molecule has 1 amide bonds. The van der Waals surface area contributed by atoms with Crippen molar-refractivity contribution in [2.75, 3.05) is 13.1 Å². The number of aromatic nitrogens is 2. The molecule has 1 fully saturated rings. The molecule has 178 valence electrons. The summed E-state index contributed by atoms with van der Waals surface area (Å²) < 4.78 is 14.0. The van der Waals surface area contributed by atoms with Gasteiger partial charge in [0.2, 0.25) is 0 Å². The first-order chi connectivity index (χ1) is 15.4. The average molecular weight is 454 g/mol. The van der Waals surface area contributed by atoms with Gasteiger partial charge in [-0.25, -0.2) is 4.79 Å². The van der Waals surface area contributed by atoms with Gasteiger partial charge < -0.3 is 14.4 Å². The van der Waals surface area contributed by atoms with Gasteiger partial charge >= 0.3 is 6.09 Å². The molecule has 1 unspecified atom stereocenters. The van der Waals surface area contributed by atoms with Gasteiger partial charge in [0.05, 0.1) is 17.7 Å². The van der Waals surface area contributed by atoms with E-state index >= 15 is 0 Å². The summed E-state index contributed by atoms with van der Waals surface area (Å²) in [5.74, 6) is 0.204. The maximum absolute atomic E-state index is 13.8. The van der Waals surface area contributed by atoms with Crippen LogP contribution in [-0.4, -0.2) is 50.8 Å². The molecule has 1 aromatic carbocycles. The number of hydrogen-bond acceptors (Lipinski definition) is 5. The summed E-state index contributed by atoms with van der Waals surface area (Å²) in [6.45, 7) is 12.7. The van der Waals surface area contributed by atoms with E-state index in [4.69, 9.17) is 9.47 Å². The lowest BCUT2D eigenvalue weighted by Crippen LogP contribution is -2.58. The van der Waals surface area contributed by atoms with E-state index in [0.717, 1.165) is 5.56 Å². The summed E-state index contributed by atoms with van der Waals surface area (Å²) in [6, 6.07) is 10.0. The highest BCUT2D eigenvalue weighted by Crippen LogP contribution is 2.44. The Morgan fingerprint density at radius 2 is 1.76 bits per heavy atom. The monoisotopic (exact) mass is 453 g/mol. The number of piperidine rings is 1. The molecule has 0 bridgehead atoms. The molecule has 0 aliphatic carbocycles. The average Bonchev–Trinajstić information content (AvgIpc) is 3.16. The van der Waals surface area contributed by atoms with Gasteiger partial charge in [-0.2, -0.15) is 5.10 Å². The molecule has 2 aliphatic heterocycles. The molecular weight excluding hydrogens is 418 g/mol. The molecule has 1 spiro atoms. The highest BCUT2D eigenvalue weighted by molar-refractivity contribution is 6.00. The third kappa shape index (κ3) is 4.77. The fourth-order valence-corrected chi connectivity index (χ4v) is 4.61. The summed E-state index contributed by atoms with van der Waals surface area (Å²) in [6.07, 6.45) is 3.23. The quantitative estimate of drug-likeness (QED) is 0.650. The molecule has 1 aromatic heterocycles. The second-order valence-electron chi connectivity index (χ2n) is 11.2. The number of carbonyl (C=O) groups excluding carboxylic acids is 2. The van der Waals surface area contributed by atoms with Gasteiger partial charge in [-0.15, -0.1) is 0 Å². The predicted octanol–water partition coefficient (Wildman–Crippen LogP) is 4.84. The lowest BCUT2D eigenvalue weighted by molar-refractivity contribution is -0.0487. The fraction of sp³-hybridized carbons (Fsp3) is 0.577. The number of nitrogens with zero attached hydrogens (tertiary/aromatic N) is 3. The van der Waals surface area contributed by atoms with Gasteiger partial charge in [-0.1, -0.05) is 30.3 Å². The van der Waals surface area contributed by atoms with Crippen molar-refractivity contribution in [3.05, 3.63) is 47.8 Å². The molecule has 3 heterocycles. The van der Waals surface area contributed by atoms with Crippen LogP contribution in [0.2, 0.25) is 0 Å². The van der Waals surface area contributed by atoms with Gasteiger partial charge in [-0.3, -0.25) is 9.48 Å². The third-order valence-corrected chi connectivity index (χ3v) is 6.41. The third-order valence-electron chi connectivity index (χ3n) is 6.41. The molecule has 0 radical (unpaired) electrons. The number of likely N-dealkylation sites (tertiary alicyclic amines) is 1. The van der Waals surface area contributed by atoms with E-state index in [0.29, 0.717) is 43.8 Å². The zero-order chi connectivity index (χ0) is 24.0. The van der Waals surface area contributed by atoms with Crippen molar-refractivity contribution in [3.63, 3.8) is 0 Å². The molecule has 4 rings (SSSR count). The van der Waals surface area contributed by atoms with Gasteiger partial charge in [0.25, 0.3) is 0 Å². The smallest absolute Gasteiger partial charge is 0.410 e. The predicted molar refractivity (Wildman–Crippen MR) is 126 cm³/mol. The minimum absolute atomic E-state index is 0.0221. The molecule has 2 aromatic rings. The summed E-state index contributed by atoms with van der Waals surface area (Å²) in [5.41, 5.74) is 0.0153. The standard InChI is InChI=1S/C26H35N3O4/c1-24(2,3)29-17-20-21(27-29)22(30)19(16-18-10-8-7-9-11-18)26(32-20)12-14-28(15-13-26)23(31)33-25(4,5)6/h7-11,17,19H,12-16H2,1-6H3. The number of Topliss-reactive ketones (excluding diaryl/α,β-unsaturated/α-hetero) is 1. The summed E-state index contributed by atoms with van der Waals surface area (Å²) in [7, 11) is 0. The van der Waals surface area contributed by atoms with Gasteiger partial charge in [-0.05, 0) is 53.5 Å². The van der Waals surface area contributed by atoms with Crippen molar-refractivity contribution in [2.24, 2.45) is 5.92 Å². The Morgan fingerprint density at radius 1 is 1.12 bits per heavy atom. The molecule has 0 N–H and O–H groups in total. The molecule has 1 saturated heterocycles. The molecule has 7 nitrogen and oxygen atoms in total. The number of benzene rings is 1. The van der Waals surface area contributed by atoms with E-state index in [1.807, 2.05) is 82.8 Å². The topological polar surface area (TPSA) is 73.7 Å². The van der Waals surface area contributed by atoms with Crippen LogP contribution >= 0.6 is 0 Å². The molecule has 0 saturated carbocycles. The Balaban J connectivity index is 1.64. The van der Waals surface area contributed by atoms with Gasteiger partial charge in [0, 0.05) is 25.9 Å². The fourth-order valence-electron chi connectivity index (χ4n) is 4.61. The Bertz CT molecular complexity index is 1020. The first kappa shape index (κ1) is 23.3. The lowest BCUT2D eigenvalue weighted by atomic mass is 9.72. The largest absolute Gasteiger partial charge is 0.482 e. The van der Waals surface area contributed by atoms with Crippen LogP contribution in [0.25, 0.3) is 0 Å². The zero-order valence-electron chi connectivity index (χ0n) is 20.6. The highest BCUT2D eigenvalue weighted by atomic mass is 16.6. The second-order valence-corrected chi connectivity index (χ2v) is 11.2. The van der Waals surface area contributed by atoms with Gasteiger partial charge in [0.1, 0.15) is 11.2 Å². The van der Waals surface area contributed by atoms with Crippen LogP contribution in [0.1, 0.15) is 70.4 Å². The minimum Gasteiger partial charge on any atom is -0.482 e. The van der Waals surface area contributed by atoms with E-state index in [9.17, 15) is 9.59 Å². The normalized spacial score (nSPS) is 20.4. The van der Waals surface area contributed by atoms with Crippen LogP contribution < -0.4 is 4.74 Å². The number of rotatable bonds is 2. The number of ether oxygens (including phenoxy) is 2. The summed E-state index contributed by atoms with van der Waals surface area (Å²) in [4.78, 5) is 28.1. The van der Waals surface area contributed by atoms with Crippen LogP contribution in [0.4, 0.5) is 4.79 Å². The first-order valence-electron chi connectivity index (χ1n) is 11.7. The molecule has 33 heavy (non-hydrogen) atoms. The first-order valence-corrected chi connectivity index (χ1v) is 11.7. The molecular formula is C26H35N3O4. The van der Waals surface area contributed by atoms with E-state index in [-0.39, 0.29) is 23.3 Å². The zero-order valence-corrected chi connectivity index (χ0v) is 20.6. The van der Waals surface area contributed by atoms with E-state index < -0.39 is 11.2 Å². The Hall–Kier alpha value is -2.83. The second kappa shape index (κ2) is 8.19. The highest BCUT2D eigenvalue weighted by Gasteiger charge is 2.53. The molecule has 1 atom stereocenters. The minimum atomic E-state index is -0.676. The van der Waals surface area contributed by atoms with Crippen LogP contribution in [0.3, 0.4) is 0 Å². The Morgan fingerprint density at radius 3 is 2.33 bits per heavy atom. The van der Waals surface area contributed by atoms with Crippen molar-refractivity contribution >= 4 is 11.9 Å². The lowest BCUT2D eigenvalue weighted by Gasteiger charge is -2.47. The van der Waals surface area contributed by atoms with Crippen LogP contribution in [0.15, 0.2) is 36.5 Å². The number of fused-ring (bicyclic) bond motifs is 1. The van der Waals surface area contributed by atoms with Crippen molar-refractivity contribution in [2.45, 2.75) is 77.5 Å². The Labute approximate surface area is 196 Å². The van der Waals surface area contributed by atoms with Crippen LogP contribution in [0.5, 0.6) is 5.75 Å². The van der Waals surface area contributed by atoms with Crippen molar-refractivity contribution < 1.29 is 19.1 Å². The number of ketones is 1. The summed E-state index contributed by atoms with van der Waals surface area (Å²) in [5, 5.41) is 4.61. The van der Waals surface area contributed by atoms with Crippen molar-refractivity contribution in [1.29, 1.82) is 0 Å². The van der Waals surface area contributed by atoms with Crippen molar-refractivity contribution in [1.82, 2.24) is 14.7 Å². The summed E-state index contributed by atoms with van der Waals surface area (Å²) >= 11 is 0. The van der Waals surface area contributed by atoms with E-state index in [1.54, 1.807) is 4.90 Å². The SMILES string of the molecule is CC(C)(C)OC(=O)N1CCC2(CC1)Oc1cn(C(C)(C)C)nc1C(=O)C2Cc1ccccc1. The van der Waals surface area contributed by atoms with E-state index in [1.165, 1.54) is 0 Å². The van der Waals surface area contributed by atoms with Crippen molar-refractivity contribution in [3.8, 4) is 5.75 Å². The van der Waals surface area contributed by atoms with Crippen LogP contribution in [-0.2, 0) is 16.7 Å². The number of carbonyl (C=O) groups is 2. The van der Waals surface area contributed by atoms with Crippen LogP contribution in [0, 0.1) is 5.92 Å². The number of hydrogen-bond donors (Lipinski definition) is 0.